The maximum absolute atomic E-state index is 13.0. The third-order valence-corrected chi connectivity index (χ3v) is 4.60. The Kier molecular flexibility index (Phi) is 5.14. The van der Waals surface area contributed by atoms with Crippen molar-refractivity contribution in [1.29, 1.82) is 0 Å². The topological polar surface area (TPSA) is 41.9 Å². The summed E-state index contributed by atoms with van der Waals surface area (Å²) >= 11 is 0. The molecular weight excluding hydrogens is 300 g/mol. The number of benzene rings is 1. The first-order valence-corrected chi connectivity index (χ1v) is 8.54. The van der Waals surface area contributed by atoms with Gasteiger partial charge in [0.25, 0.3) is 5.91 Å². The monoisotopic (exact) mass is 324 g/mol. The van der Waals surface area contributed by atoms with Crippen LogP contribution in [0.4, 0.5) is 0 Å². The van der Waals surface area contributed by atoms with Crippen molar-refractivity contribution in [1.82, 2.24) is 4.90 Å². The fraction of sp³-hybridized carbons (Fsp3) is 0.400. The number of rotatable bonds is 5. The molecule has 0 N–H and O–H groups in total. The Morgan fingerprint density at radius 3 is 2.96 bits per heavy atom. The van der Waals surface area contributed by atoms with Gasteiger partial charge in [0.2, 0.25) is 6.10 Å². The lowest BCUT2D eigenvalue weighted by Gasteiger charge is -2.38. The predicted octanol–water partition coefficient (Wildman–Crippen LogP) is 3.50. The molecule has 1 aromatic carbocycles. The van der Waals surface area contributed by atoms with Crippen LogP contribution in [0.1, 0.15) is 31.7 Å². The van der Waals surface area contributed by atoms with Crippen LogP contribution in [0, 0.1) is 0 Å². The average Bonchev–Trinajstić information content (AvgIpc) is 3.04. The van der Waals surface area contributed by atoms with Gasteiger partial charge in [0.15, 0.2) is 0 Å². The van der Waals surface area contributed by atoms with E-state index < -0.39 is 6.10 Å². The maximum atomic E-state index is 13.0. The SMILES string of the molecule is C=CC[C@@H]1CC=C[C@@H](C)N1C(=O)[C@@H]1CC(Cc2ccccc2)=NO1. The van der Waals surface area contributed by atoms with Crippen LogP contribution in [-0.4, -0.2) is 34.7 Å². The molecule has 4 nitrogen and oxygen atoms in total. The minimum atomic E-state index is -0.495. The molecule has 3 atom stereocenters. The molecule has 126 valence electrons. The highest BCUT2D eigenvalue weighted by Crippen LogP contribution is 2.25. The van der Waals surface area contributed by atoms with Crippen molar-refractivity contribution in [2.75, 3.05) is 0 Å². The van der Waals surface area contributed by atoms with E-state index in [-0.39, 0.29) is 18.0 Å². The summed E-state index contributed by atoms with van der Waals surface area (Å²) in [4.78, 5) is 20.4. The average molecular weight is 324 g/mol. The lowest BCUT2D eigenvalue weighted by Crippen LogP contribution is -2.51. The third kappa shape index (κ3) is 3.58. The van der Waals surface area contributed by atoms with E-state index in [4.69, 9.17) is 4.84 Å². The molecule has 2 aliphatic heterocycles. The molecule has 0 fully saturated rings. The van der Waals surface area contributed by atoms with Crippen LogP contribution in [0.3, 0.4) is 0 Å². The van der Waals surface area contributed by atoms with Crippen molar-refractivity contribution >= 4 is 11.6 Å². The molecule has 0 aromatic heterocycles. The van der Waals surface area contributed by atoms with Gasteiger partial charge < -0.3 is 9.74 Å². The Morgan fingerprint density at radius 2 is 2.21 bits per heavy atom. The van der Waals surface area contributed by atoms with Crippen LogP contribution in [0.2, 0.25) is 0 Å². The first-order chi connectivity index (χ1) is 11.7. The van der Waals surface area contributed by atoms with Gasteiger partial charge in [0.1, 0.15) is 0 Å². The highest BCUT2D eigenvalue weighted by Gasteiger charge is 2.37. The lowest BCUT2D eigenvalue weighted by molar-refractivity contribution is -0.146. The number of hydrogen-bond acceptors (Lipinski definition) is 3. The Hall–Kier alpha value is -2.36. The van der Waals surface area contributed by atoms with Crippen molar-refractivity contribution in [2.24, 2.45) is 5.16 Å². The number of carbonyl (C=O) groups excluding carboxylic acids is 1. The van der Waals surface area contributed by atoms with E-state index in [1.807, 2.05) is 36.1 Å². The largest absolute Gasteiger partial charge is 0.382 e. The normalized spacial score (nSPS) is 26.0. The zero-order chi connectivity index (χ0) is 16.9. The molecule has 1 aromatic rings. The van der Waals surface area contributed by atoms with E-state index in [1.54, 1.807) is 0 Å². The summed E-state index contributed by atoms with van der Waals surface area (Å²) in [5, 5.41) is 4.16. The van der Waals surface area contributed by atoms with Gasteiger partial charge in [-0.1, -0.05) is 53.7 Å². The first kappa shape index (κ1) is 16.5. The molecule has 2 aliphatic rings. The third-order valence-electron chi connectivity index (χ3n) is 4.60. The second kappa shape index (κ2) is 7.47. The number of hydrogen-bond donors (Lipinski definition) is 0. The van der Waals surface area contributed by atoms with Gasteiger partial charge in [-0.15, -0.1) is 6.58 Å². The van der Waals surface area contributed by atoms with Gasteiger partial charge in [-0.25, -0.2) is 0 Å². The van der Waals surface area contributed by atoms with Gasteiger partial charge in [-0.3, -0.25) is 4.79 Å². The van der Waals surface area contributed by atoms with Crippen LogP contribution in [-0.2, 0) is 16.1 Å². The van der Waals surface area contributed by atoms with E-state index in [0.29, 0.717) is 6.42 Å². The zero-order valence-corrected chi connectivity index (χ0v) is 14.1. The summed E-state index contributed by atoms with van der Waals surface area (Å²) < 4.78 is 0. The maximum Gasteiger partial charge on any atom is 0.267 e. The van der Waals surface area contributed by atoms with Crippen LogP contribution < -0.4 is 0 Å². The molecule has 0 unspecified atom stereocenters. The first-order valence-electron chi connectivity index (χ1n) is 8.54. The fourth-order valence-electron chi connectivity index (χ4n) is 3.42. The second-order valence-corrected chi connectivity index (χ2v) is 6.45. The molecule has 0 spiro atoms. The van der Waals surface area contributed by atoms with E-state index >= 15 is 0 Å². The second-order valence-electron chi connectivity index (χ2n) is 6.45. The minimum absolute atomic E-state index is 0.0329. The van der Waals surface area contributed by atoms with Crippen molar-refractivity contribution in [3.8, 4) is 0 Å². The standard InChI is InChI=1S/C20H24N2O2/c1-3-8-18-12-7-9-15(2)22(18)20(23)19-14-17(21-24-19)13-16-10-5-4-6-11-16/h3-7,9-11,15,18-19H,1,8,12-14H2,2H3/t15-,18-,19+/m1/s1. The quantitative estimate of drug-likeness (QED) is 0.778. The Morgan fingerprint density at radius 1 is 1.42 bits per heavy atom. The number of nitrogens with zero attached hydrogens (tertiary/aromatic N) is 2. The minimum Gasteiger partial charge on any atom is -0.382 e. The number of oxime groups is 1. The van der Waals surface area contributed by atoms with Crippen LogP contribution >= 0.6 is 0 Å². The fourth-order valence-corrected chi connectivity index (χ4v) is 3.42. The van der Waals surface area contributed by atoms with E-state index in [2.05, 4.69) is 36.0 Å². The van der Waals surface area contributed by atoms with Crippen LogP contribution in [0.15, 0.2) is 60.3 Å². The Balaban J connectivity index is 1.64. The van der Waals surface area contributed by atoms with Crippen molar-refractivity contribution in [3.05, 3.63) is 60.7 Å². The van der Waals surface area contributed by atoms with E-state index in [1.165, 1.54) is 5.56 Å². The summed E-state index contributed by atoms with van der Waals surface area (Å²) in [5.74, 6) is 0.0329. The predicted molar refractivity (Wildman–Crippen MR) is 95.7 cm³/mol. The summed E-state index contributed by atoms with van der Waals surface area (Å²) in [6.45, 7) is 5.86. The molecule has 24 heavy (non-hydrogen) atoms. The summed E-state index contributed by atoms with van der Waals surface area (Å²) in [7, 11) is 0. The van der Waals surface area contributed by atoms with E-state index in [0.717, 1.165) is 25.0 Å². The van der Waals surface area contributed by atoms with Crippen molar-refractivity contribution in [3.63, 3.8) is 0 Å². The Bertz CT molecular complexity index is 651. The lowest BCUT2D eigenvalue weighted by atomic mass is 9.98. The number of carbonyl (C=O) groups is 1. The smallest absolute Gasteiger partial charge is 0.267 e. The molecule has 0 bridgehead atoms. The van der Waals surface area contributed by atoms with Crippen LogP contribution in [0.5, 0.6) is 0 Å². The van der Waals surface area contributed by atoms with Crippen molar-refractivity contribution in [2.45, 2.75) is 50.8 Å². The summed E-state index contributed by atoms with van der Waals surface area (Å²) in [6.07, 6.45) is 8.58. The Labute approximate surface area is 143 Å². The van der Waals surface area contributed by atoms with Gasteiger partial charge in [-0.2, -0.15) is 0 Å². The zero-order valence-electron chi connectivity index (χ0n) is 14.1. The summed E-state index contributed by atoms with van der Waals surface area (Å²) in [6, 6.07) is 10.4. The van der Waals surface area contributed by atoms with Gasteiger partial charge in [0.05, 0.1) is 5.71 Å². The van der Waals surface area contributed by atoms with Crippen LogP contribution in [0.25, 0.3) is 0 Å². The molecule has 2 heterocycles. The molecule has 4 heteroatoms. The molecular formula is C20H24N2O2. The molecule has 0 aliphatic carbocycles. The summed E-state index contributed by atoms with van der Waals surface area (Å²) in [5.41, 5.74) is 2.12. The highest BCUT2D eigenvalue weighted by molar-refractivity contribution is 5.94. The van der Waals surface area contributed by atoms with Crippen molar-refractivity contribution < 1.29 is 9.63 Å². The van der Waals surface area contributed by atoms with Gasteiger partial charge >= 0.3 is 0 Å². The van der Waals surface area contributed by atoms with E-state index in [9.17, 15) is 4.79 Å². The molecule has 0 saturated carbocycles. The number of amides is 1. The van der Waals surface area contributed by atoms with Gasteiger partial charge in [-0.05, 0) is 25.3 Å². The van der Waals surface area contributed by atoms with Gasteiger partial charge in [0, 0.05) is 24.9 Å². The molecule has 0 radical (unpaired) electrons. The molecule has 3 rings (SSSR count). The molecule has 1 amide bonds. The highest BCUT2D eigenvalue weighted by atomic mass is 16.6. The molecule has 0 saturated heterocycles.